The zero-order chi connectivity index (χ0) is 49.4. The number of rotatable bonds is 8. The fourth-order valence-electron chi connectivity index (χ4n) is 21.5. The monoisotopic (exact) mass is 980 g/mol. The second-order valence-electron chi connectivity index (χ2n) is 26.4. The summed E-state index contributed by atoms with van der Waals surface area (Å²) in [7, 11) is 1.97. The quantitative estimate of drug-likeness (QED) is 0.0996. The molecule has 2 aromatic rings. The zero-order valence-electron chi connectivity index (χ0n) is 43.0. The Bertz CT molecular complexity index is 2550. The Morgan fingerprint density at radius 3 is 2.53 bits per heavy atom. The van der Waals surface area contributed by atoms with Crippen LogP contribution >= 0.6 is 0 Å². The maximum absolute atomic E-state index is 15.3. The SMILES string of the molecule is CNC1Cc2c(cccc2CO)C#CCCC23CCC4C(O)(CC5CC(C(C)C6CCCC6)CCC6C7OCCC8CC(CCc9ccccc9)CC87CC4(C=O)C56O)C2(O)CC2CC1C1OC(=O)C=C1C23. The van der Waals surface area contributed by atoms with Crippen LogP contribution in [0.5, 0.6) is 0 Å². The number of fused-ring (bicyclic) bond motifs is 7. The number of hydrogen-bond donors (Lipinski definition) is 5. The van der Waals surface area contributed by atoms with Crippen LogP contribution in [0.25, 0.3) is 0 Å². The minimum absolute atomic E-state index is 0.0624. The number of hydrogen-bond acceptors (Lipinski definition) is 9. The summed E-state index contributed by atoms with van der Waals surface area (Å²) in [4.78, 5) is 29.1. The summed E-state index contributed by atoms with van der Waals surface area (Å²) >= 11 is 0. The third kappa shape index (κ3) is 6.60. The van der Waals surface area contributed by atoms with Crippen molar-refractivity contribution in [2.24, 2.45) is 81.3 Å². The lowest BCUT2D eigenvalue weighted by atomic mass is 9.33. The Morgan fingerprint density at radius 1 is 0.903 bits per heavy atom. The van der Waals surface area contributed by atoms with Crippen LogP contribution in [-0.2, 0) is 38.5 Å². The predicted octanol–water partition coefficient (Wildman–Crippen LogP) is 8.84. The maximum atomic E-state index is 15.3. The van der Waals surface area contributed by atoms with Gasteiger partial charge in [-0.15, -0.1) is 0 Å². The van der Waals surface area contributed by atoms with E-state index in [0.29, 0.717) is 87.6 Å². The first-order valence-electron chi connectivity index (χ1n) is 29.0. The van der Waals surface area contributed by atoms with E-state index in [2.05, 4.69) is 54.4 Å². The molecule has 2 heterocycles. The van der Waals surface area contributed by atoms with Gasteiger partial charge in [-0.25, -0.2) is 4.79 Å². The van der Waals surface area contributed by atoms with E-state index in [1.165, 1.54) is 37.5 Å². The topological polar surface area (TPSA) is 146 Å². The summed E-state index contributed by atoms with van der Waals surface area (Å²) < 4.78 is 13.6. The van der Waals surface area contributed by atoms with Crippen LogP contribution in [0, 0.1) is 93.2 Å². The van der Waals surface area contributed by atoms with E-state index in [-0.39, 0.29) is 60.2 Å². The molecule has 10 aliphatic carbocycles. The molecule has 2 aromatic carbocycles. The number of aliphatic hydroxyl groups is 4. The van der Waals surface area contributed by atoms with Crippen molar-refractivity contribution >= 4 is 12.3 Å². The Kier molecular flexibility index (Phi) is 11.8. The molecule has 4 bridgehead atoms. The van der Waals surface area contributed by atoms with Gasteiger partial charge in [-0.1, -0.05) is 86.9 Å². The van der Waals surface area contributed by atoms with Crippen molar-refractivity contribution in [1.82, 2.24) is 5.32 Å². The van der Waals surface area contributed by atoms with Crippen molar-refractivity contribution in [1.29, 1.82) is 0 Å². The average molecular weight is 980 g/mol. The predicted molar refractivity (Wildman–Crippen MR) is 274 cm³/mol. The molecule has 12 aliphatic rings. The van der Waals surface area contributed by atoms with Crippen LogP contribution in [0.3, 0.4) is 0 Å². The van der Waals surface area contributed by atoms with Gasteiger partial charge in [0.2, 0.25) is 0 Å². The first-order valence-corrected chi connectivity index (χ1v) is 29.0. The molecular weight excluding hydrogens is 899 g/mol. The van der Waals surface area contributed by atoms with Gasteiger partial charge in [0, 0.05) is 59.3 Å². The molecule has 5 N–H and O–H groups in total. The van der Waals surface area contributed by atoms with E-state index in [9.17, 15) is 25.2 Å². The van der Waals surface area contributed by atoms with Crippen molar-refractivity contribution in [2.45, 2.75) is 183 Å². The van der Waals surface area contributed by atoms with Gasteiger partial charge in [-0.2, -0.15) is 0 Å². The number of benzene rings is 2. The standard InChI is InChI=1S/C63H81NO8/c1-38(41-13-6-7-14-41)43-20-21-51-57-58(32-40(27-46(58)23-26-71-57)19-18-39-11-4-3-5-12-39)36-60(37-66)53-22-25-59-24-9-8-15-42-16-10-17-44(35-65)48(42)30-52(64-2)49-29-45(55(59)50-31-54(67)72-56(49)50)33-62(59,69)61(53,68)34-47(28-43)63(51,60)70/h3-5,10-12,16-17,31,37-38,40-41,43,45-47,49,51-53,55-57,64-65,68-70H,6-7,9,13-14,18-30,32-36H2,1-2H3. The summed E-state index contributed by atoms with van der Waals surface area (Å²) in [5.74, 6) is 7.30. The summed E-state index contributed by atoms with van der Waals surface area (Å²) in [6.07, 6.45) is 19.4. The van der Waals surface area contributed by atoms with Gasteiger partial charge in [0.25, 0.3) is 0 Å². The number of aliphatic hydroxyl groups excluding tert-OH is 1. The van der Waals surface area contributed by atoms with Gasteiger partial charge in [-0.3, -0.25) is 0 Å². The van der Waals surface area contributed by atoms with E-state index < -0.39 is 45.6 Å². The largest absolute Gasteiger partial charge is 0.454 e. The van der Waals surface area contributed by atoms with Crippen molar-refractivity contribution in [2.75, 3.05) is 13.7 Å². The fourth-order valence-corrected chi connectivity index (χ4v) is 21.5. The molecule has 2 spiro atoms. The Balaban J connectivity index is 0.957. The molecule has 8 saturated carbocycles. The van der Waals surface area contributed by atoms with Gasteiger partial charge < -0.3 is 40.0 Å². The number of aryl methyl sites for hydroxylation is 1. The molecule has 2 aliphatic heterocycles. The second kappa shape index (κ2) is 17.6. The summed E-state index contributed by atoms with van der Waals surface area (Å²) in [5.41, 5.74) is -2.14. The Hall–Kier alpha value is -3.36. The van der Waals surface area contributed by atoms with Gasteiger partial charge in [0.15, 0.2) is 0 Å². The van der Waals surface area contributed by atoms with E-state index in [4.69, 9.17) is 9.47 Å². The fraction of sp³-hybridized carbons (Fsp3) is 0.714. The molecule has 9 heteroatoms. The third-order valence-corrected chi connectivity index (χ3v) is 24.2. The van der Waals surface area contributed by atoms with E-state index in [1.807, 2.05) is 25.2 Å². The minimum Gasteiger partial charge on any atom is -0.454 e. The normalized spacial score (nSPS) is 47.1. The molecule has 0 amide bonds. The molecule has 19 atom stereocenters. The Morgan fingerprint density at radius 2 is 1.74 bits per heavy atom. The van der Waals surface area contributed by atoms with Crippen LogP contribution < -0.4 is 5.32 Å². The number of likely N-dealkylation sites (N-methyl/N-ethyl adjacent to an activating group) is 1. The maximum Gasteiger partial charge on any atom is 0.331 e. The second-order valence-corrected chi connectivity index (χ2v) is 26.4. The van der Waals surface area contributed by atoms with Crippen LogP contribution in [0.15, 0.2) is 60.2 Å². The van der Waals surface area contributed by atoms with Gasteiger partial charge in [-0.05, 0) is 185 Å². The molecule has 1 saturated heterocycles. The van der Waals surface area contributed by atoms with E-state index in [0.717, 1.165) is 73.6 Å². The summed E-state index contributed by atoms with van der Waals surface area (Å²) in [6, 6.07) is 16.7. The lowest BCUT2D eigenvalue weighted by molar-refractivity contribution is -0.363. The number of carbonyl (C=O) groups excluding carboxylic acids is 2. The first-order chi connectivity index (χ1) is 34.9. The highest BCUT2D eigenvalue weighted by atomic mass is 16.5. The number of carbonyl (C=O) groups is 2. The van der Waals surface area contributed by atoms with Crippen LogP contribution in [-0.4, -0.2) is 81.4 Å². The van der Waals surface area contributed by atoms with Gasteiger partial charge >= 0.3 is 5.97 Å². The highest BCUT2D eigenvalue weighted by Crippen LogP contribution is 2.80. The smallest absolute Gasteiger partial charge is 0.331 e. The molecule has 0 radical (unpaired) electrons. The lowest BCUT2D eigenvalue weighted by Gasteiger charge is -2.74. The third-order valence-electron chi connectivity index (χ3n) is 24.2. The van der Waals surface area contributed by atoms with Crippen molar-refractivity contribution in [3.8, 4) is 11.8 Å². The molecular formula is C63H81NO8. The summed E-state index contributed by atoms with van der Waals surface area (Å²) in [6.45, 7) is 3.04. The minimum atomic E-state index is -1.69. The number of aldehydes is 1. The molecule has 72 heavy (non-hydrogen) atoms. The van der Waals surface area contributed by atoms with E-state index in [1.54, 1.807) is 6.08 Å². The highest BCUT2D eigenvalue weighted by molar-refractivity contribution is 5.86. The first kappa shape index (κ1) is 48.3. The molecule has 9 fully saturated rings. The van der Waals surface area contributed by atoms with Gasteiger partial charge in [0.05, 0.1) is 29.3 Å². The molecule has 14 rings (SSSR count). The lowest BCUT2D eigenvalue weighted by Crippen LogP contribution is -2.82. The highest BCUT2D eigenvalue weighted by Gasteiger charge is 2.85. The summed E-state index contributed by atoms with van der Waals surface area (Å²) in [5, 5.41) is 58.3. The number of nitrogens with one attached hydrogen (secondary N) is 1. The van der Waals surface area contributed by atoms with Gasteiger partial charge in [0.1, 0.15) is 18.0 Å². The molecule has 9 nitrogen and oxygen atoms in total. The van der Waals surface area contributed by atoms with Crippen LogP contribution in [0.1, 0.15) is 151 Å². The van der Waals surface area contributed by atoms with Crippen LogP contribution in [0.2, 0.25) is 0 Å². The molecule has 19 unspecified atom stereocenters. The molecule has 0 aromatic heterocycles. The average Bonchev–Trinajstić information content (AvgIpc) is 4.17. The number of ether oxygens (including phenoxy) is 2. The van der Waals surface area contributed by atoms with Crippen LogP contribution in [0.4, 0.5) is 0 Å². The molecule has 386 valence electrons. The van der Waals surface area contributed by atoms with Crippen molar-refractivity contribution in [3.05, 3.63) is 82.4 Å². The van der Waals surface area contributed by atoms with Crippen molar-refractivity contribution < 1.29 is 39.5 Å². The van der Waals surface area contributed by atoms with E-state index >= 15 is 4.79 Å². The number of esters is 1. The Labute approximate surface area is 428 Å². The van der Waals surface area contributed by atoms with Crippen molar-refractivity contribution in [3.63, 3.8) is 0 Å². The zero-order valence-corrected chi connectivity index (χ0v) is 43.0.